The van der Waals surface area contributed by atoms with Gasteiger partial charge in [-0.15, -0.1) is 6.58 Å². The Morgan fingerprint density at radius 1 is 1.17 bits per heavy atom. The molecule has 1 aliphatic rings. The minimum absolute atomic E-state index is 0.135. The molecule has 0 N–H and O–H groups in total. The van der Waals surface area contributed by atoms with E-state index in [-0.39, 0.29) is 24.1 Å². The Morgan fingerprint density at radius 2 is 1.72 bits per heavy atom. The van der Waals surface area contributed by atoms with Crippen LogP contribution in [0.15, 0.2) is 36.9 Å². The summed E-state index contributed by atoms with van der Waals surface area (Å²) < 4.78 is 0. The van der Waals surface area contributed by atoms with Crippen molar-refractivity contribution >= 4 is 17.6 Å². The fourth-order valence-electron chi connectivity index (χ4n) is 1.90. The van der Waals surface area contributed by atoms with Gasteiger partial charge in [0.25, 0.3) is 11.8 Å². The lowest BCUT2D eigenvalue weighted by molar-refractivity contribution is -0.119. The molecule has 0 atom stereocenters. The predicted octanol–water partition coefficient (Wildman–Crippen LogP) is 1.82. The van der Waals surface area contributed by atoms with Gasteiger partial charge in [0.15, 0.2) is 5.78 Å². The molecule has 1 aromatic rings. The smallest absolute Gasteiger partial charge is 0.261 e. The highest BCUT2D eigenvalue weighted by Crippen LogP contribution is 2.22. The Kier molecular flexibility index (Phi) is 3.37. The van der Waals surface area contributed by atoms with Crippen molar-refractivity contribution in [3.63, 3.8) is 0 Å². The first kappa shape index (κ1) is 12.2. The van der Waals surface area contributed by atoms with Crippen molar-refractivity contribution in [1.29, 1.82) is 0 Å². The highest BCUT2D eigenvalue weighted by atomic mass is 16.2. The predicted molar refractivity (Wildman–Crippen MR) is 66.2 cm³/mol. The molecule has 4 heteroatoms. The molecule has 2 rings (SSSR count). The summed E-state index contributed by atoms with van der Waals surface area (Å²) in [5, 5.41) is 0. The Hall–Kier alpha value is -2.23. The second kappa shape index (κ2) is 4.96. The number of Topliss-reactive ketones (excluding diaryl/α,β-unsaturated/α-hetero) is 1. The molecule has 1 heterocycles. The maximum atomic E-state index is 11.9. The number of benzene rings is 1. The summed E-state index contributed by atoms with van der Waals surface area (Å²) in [5.41, 5.74) is 0.748. The summed E-state index contributed by atoms with van der Waals surface area (Å²) in [6.45, 7) is 3.37. The summed E-state index contributed by atoms with van der Waals surface area (Å²) in [7, 11) is 0. The van der Waals surface area contributed by atoms with Crippen LogP contribution in [0.2, 0.25) is 0 Å². The number of hydrogen-bond donors (Lipinski definition) is 0. The van der Waals surface area contributed by atoms with Crippen molar-refractivity contribution in [2.45, 2.75) is 12.8 Å². The van der Waals surface area contributed by atoms with Crippen LogP contribution >= 0.6 is 0 Å². The molecule has 0 saturated carbocycles. The number of carbonyl (C=O) groups is 3. The maximum Gasteiger partial charge on any atom is 0.261 e. The van der Waals surface area contributed by atoms with E-state index < -0.39 is 0 Å². The van der Waals surface area contributed by atoms with E-state index in [2.05, 4.69) is 6.58 Å². The van der Waals surface area contributed by atoms with Crippen LogP contribution in [-0.2, 0) is 4.79 Å². The number of ketones is 1. The third kappa shape index (κ3) is 2.09. The van der Waals surface area contributed by atoms with Gasteiger partial charge < -0.3 is 0 Å². The third-order valence-corrected chi connectivity index (χ3v) is 2.84. The van der Waals surface area contributed by atoms with Gasteiger partial charge in [-0.2, -0.15) is 0 Å². The van der Waals surface area contributed by atoms with Gasteiger partial charge in [0.2, 0.25) is 0 Å². The van der Waals surface area contributed by atoms with E-state index in [4.69, 9.17) is 0 Å². The fraction of sp³-hybridized carbons (Fsp3) is 0.214. The van der Waals surface area contributed by atoms with Crippen molar-refractivity contribution in [2.75, 3.05) is 6.54 Å². The Morgan fingerprint density at radius 3 is 2.22 bits per heavy atom. The molecule has 0 radical (unpaired) electrons. The highest BCUT2D eigenvalue weighted by Gasteiger charge is 2.35. The molecule has 92 valence electrons. The second-order valence-electron chi connectivity index (χ2n) is 4.11. The molecule has 0 spiro atoms. The third-order valence-electron chi connectivity index (χ3n) is 2.84. The number of imide groups is 1. The summed E-state index contributed by atoms with van der Waals surface area (Å²) >= 11 is 0. The normalized spacial score (nSPS) is 13.7. The van der Waals surface area contributed by atoms with Crippen LogP contribution in [-0.4, -0.2) is 29.0 Å². The maximum absolute atomic E-state index is 11.9. The van der Waals surface area contributed by atoms with Crippen LogP contribution < -0.4 is 0 Å². The first-order valence-corrected chi connectivity index (χ1v) is 5.73. The van der Waals surface area contributed by atoms with Gasteiger partial charge in [0, 0.05) is 6.42 Å². The summed E-state index contributed by atoms with van der Waals surface area (Å²) in [4.78, 5) is 36.5. The average molecular weight is 243 g/mol. The molecular weight excluding hydrogens is 230 g/mol. The van der Waals surface area contributed by atoms with Gasteiger partial charge in [-0.05, 0) is 18.6 Å². The lowest BCUT2D eigenvalue weighted by atomic mass is 10.1. The lowest BCUT2D eigenvalue weighted by Crippen LogP contribution is -2.34. The topological polar surface area (TPSA) is 54.5 Å². The molecule has 0 bridgehead atoms. The van der Waals surface area contributed by atoms with E-state index in [0.29, 0.717) is 24.0 Å². The Bertz CT molecular complexity index is 499. The van der Waals surface area contributed by atoms with E-state index in [1.54, 1.807) is 30.3 Å². The molecular formula is C14H13NO3. The summed E-state index contributed by atoms with van der Waals surface area (Å²) in [5.74, 6) is -0.908. The number of rotatable bonds is 5. The first-order valence-electron chi connectivity index (χ1n) is 5.73. The van der Waals surface area contributed by atoms with Crippen molar-refractivity contribution in [3.8, 4) is 0 Å². The molecule has 0 saturated heterocycles. The van der Waals surface area contributed by atoms with E-state index in [9.17, 15) is 14.4 Å². The van der Waals surface area contributed by atoms with E-state index in [1.807, 2.05) is 0 Å². The SMILES string of the molecule is C=CCCC(=O)CN1C(=O)c2ccccc2C1=O. The van der Waals surface area contributed by atoms with Crippen LogP contribution in [0.5, 0.6) is 0 Å². The highest BCUT2D eigenvalue weighted by molar-refractivity contribution is 6.22. The summed E-state index contributed by atoms with van der Waals surface area (Å²) in [6, 6.07) is 6.60. The monoisotopic (exact) mass is 243 g/mol. The van der Waals surface area contributed by atoms with Crippen LogP contribution in [0.1, 0.15) is 33.6 Å². The zero-order chi connectivity index (χ0) is 13.1. The van der Waals surface area contributed by atoms with Gasteiger partial charge in [0.1, 0.15) is 0 Å². The molecule has 0 aliphatic carbocycles. The quantitative estimate of drug-likeness (QED) is 0.585. The van der Waals surface area contributed by atoms with E-state index >= 15 is 0 Å². The van der Waals surface area contributed by atoms with Crippen molar-refractivity contribution in [2.24, 2.45) is 0 Å². The average Bonchev–Trinajstić information content (AvgIpc) is 2.62. The van der Waals surface area contributed by atoms with Crippen LogP contribution in [0, 0.1) is 0 Å². The van der Waals surface area contributed by atoms with Gasteiger partial charge in [0.05, 0.1) is 17.7 Å². The number of carbonyl (C=O) groups excluding carboxylic acids is 3. The van der Waals surface area contributed by atoms with Crippen molar-refractivity contribution in [3.05, 3.63) is 48.0 Å². The number of hydrogen-bond acceptors (Lipinski definition) is 3. The van der Waals surface area contributed by atoms with Crippen LogP contribution in [0.25, 0.3) is 0 Å². The van der Waals surface area contributed by atoms with Crippen LogP contribution in [0.4, 0.5) is 0 Å². The molecule has 0 unspecified atom stereocenters. The number of fused-ring (bicyclic) bond motifs is 1. The molecule has 0 aromatic heterocycles. The molecule has 4 nitrogen and oxygen atoms in total. The zero-order valence-corrected chi connectivity index (χ0v) is 9.89. The van der Waals surface area contributed by atoms with E-state index in [0.717, 1.165) is 4.90 Å². The standard InChI is InChI=1S/C14H13NO3/c1-2-3-6-10(16)9-15-13(17)11-7-4-5-8-12(11)14(15)18/h2,4-5,7-8H,1,3,6,9H2. The first-order chi connectivity index (χ1) is 8.65. The number of allylic oxidation sites excluding steroid dienone is 1. The number of amides is 2. The van der Waals surface area contributed by atoms with Crippen molar-refractivity contribution < 1.29 is 14.4 Å². The Balaban J connectivity index is 2.14. The van der Waals surface area contributed by atoms with Crippen molar-refractivity contribution in [1.82, 2.24) is 4.90 Å². The minimum Gasteiger partial charge on any atom is -0.298 e. The second-order valence-corrected chi connectivity index (χ2v) is 4.11. The van der Waals surface area contributed by atoms with E-state index in [1.165, 1.54) is 0 Å². The van der Waals surface area contributed by atoms with Gasteiger partial charge in [-0.1, -0.05) is 18.2 Å². The van der Waals surface area contributed by atoms with Gasteiger partial charge in [-0.25, -0.2) is 0 Å². The fourth-order valence-corrected chi connectivity index (χ4v) is 1.90. The van der Waals surface area contributed by atoms with Crippen LogP contribution in [0.3, 0.4) is 0 Å². The molecule has 18 heavy (non-hydrogen) atoms. The zero-order valence-electron chi connectivity index (χ0n) is 9.89. The van der Waals surface area contributed by atoms with Gasteiger partial charge in [-0.3, -0.25) is 19.3 Å². The van der Waals surface area contributed by atoms with Gasteiger partial charge >= 0.3 is 0 Å². The summed E-state index contributed by atoms with van der Waals surface area (Å²) in [6.07, 6.45) is 2.50. The molecule has 1 aromatic carbocycles. The minimum atomic E-state index is -0.387. The largest absolute Gasteiger partial charge is 0.298 e. The Labute approximate surface area is 105 Å². The molecule has 0 fully saturated rings. The lowest BCUT2D eigenvalue weighted by Gasteiger charge is -2.12. The molecule has 2 amide bonds. The molecule has 1 aliphatic heterocycles. The number of nitrogens with zero attached hydrogens (tertiary/aromatic N) is 1.